The van der Waals surface area contributed by atoms with Gasteiger partial charge in [0, 0.05) is 21.9 Å². The van der Waals surface area contributed by atoms with Gasteiger partial charge in [-0.2, -0.15) is 0 Å². The van der Waals surface area contributed by atoms with Crippen molar-refractivity contribution < 1.29 is 14.9 Å². The molecule has 2 N–H and O–H groups in total. The third-order valence-electron chi connectivity index (χ3n) is 4.76. The summed E-state index contributed by atoms with van der Waals surface area (Å²) in [6.07, 6.45) is 0. The first-order chi connectivity index (χ1) is 12.1. The zero-order chi connectivity index (χ0) is 17.1. The first kappa shape index (κ1) is 13.9. The maximum Gasteiger partial charge on any atom is 0.143 e. The van der Waals surface area contributed by atoms with Gasteiger partial charge in [0.1, 0.15) is 23.0 Å². The highest BCUT2D eigenvalue weighted by molar-refractivity contribution is 6.03. The van der Waals surface area contributed by atoms with E-state index < -0.39 is 0 Å². The summed E-state index contributed by atoms with van der Waals surface area (Å²) in [5, 5.41) is 23.1. The molecule has 0 saturated heterocycles. The van der Waals surface area contributed by atoms with Crippen LogP contribution in [-0.2, 0) is 0 Å². The molecule has 0 bridgehead atoms. The molecule has 120 valence electrons. The van der Waals surface area contributed by atoms with E-state index in [1.807, 2.05) is 36.4 Å². The van der Waals surface area contributed by atoms with Crippen LogP contribution in [0, 0.1) is 0 Å². The van der Waals surface area contributed by atoms with Crippen LogP contribution in [-0.4, -0.2) is 10.2 Å². The smallest absolute Gasteiger partial charge is 0.143 e. The third-order valence-corrected chi connectivity index (χ3v) is 4.76. The Hall–Kier alpha value is -3.46. The van der Waals surface area contributed by atoms with Crippen molar-refractivity contribution in [1.29, 1.82) is 0 Å². The number of benzene rings is 4. The number of ether oxygens (including phenoxy) is 1. The van der Waals surface area contributed by atoms with Crippen LogP contribution in [0.2, 0.25) is 0 Å². The molecule has 5 rings (SSSR count). The summed E-state index contributed by atoms with van der Waals surface area (Å²) >= 11 is 0. The Morgan fingerprint density at radius 3 is 1.60 bits per heavy atom. The first-order valence-electron chi connectivity index (χ1n) is 8.01. The monoisotopic (exact) mass is 326 g/mol. The van der Waals surface area contributed by atoms with Gasteiger partial charge in [0.25, 0.3) is 0 Å². The molecule has 4 aromatic carbocycles. The predicted octanol–water partition coefficient (Wildman–Crippen LogP) is 5.57. The third kappa shape index (κ3) is 1.93. The minimum absolute atomic E-state index is 0.225. The van der Waals surface area contributed by atoms with Gasteiger partial charge in [-0.1, -0.05) is 18.7 Å². The van der Waals surface area contributed by atoms with Crippen molar-refractivity contribution in [2.75, 3.05) is 0 Å². The van der Waals surface area contributed by atoms with E-state index in [0.29, 0.717) is 0 Å². The molecule has 0 fully saturated rings. The van der Waals surface area contributed by atoms with E-state index in [1.165, 1.54) is 0 Å². The Labute approximate surface area is 144 Å². The largest absolute Gasteiger partial charge is 0.508 e. The molecule has 0 amide bonds. The molecule has 0 spiro atoms. The summed E-state index contributed by atoms with van der Waals surface area (Å²) in [4.78, 5) is 0. The lowest BCUT2D eigenvalue weighted by atomic mass is 9.91. The molecule has 0 atom stereocenters. The molecule has 1 aliphatic heterocycles. The molecule has 1 heterocycles. The molecule has 0 unspecified atom stereocenters. The second-order valence-corrected chi connectivity index (χ2v) is 6.28. The van der Waals surface area contributed by atoms with Gasteiger partial charge in [0.05, 0.1) is 0 Å². The van der Waals surface area contributed by atoms with Crippen molar-refractivity contribution in [2.24, 2.45) is 0 Å². The van der Waals surface area contributed by atoms with Crippen molar-refractivity contribution in [1.82, 2.24) is 0 Å². The lowest BCUT2D eigenvalue weighted by molar-refractivity contribution is 0.475. The summed E-state index contributed by atoms with van der Waals surface area (Å²) in [5.41, 5.74) is 2.80. The fourth-order valence-electron chi connectivity index (χ4n) is 3.52. The average Bonchev–Trinajstić information content (AvgIpc) is 2.61. The van der Waals surface area contributed by atoms with E-state index in [-0.39, 0.29) is 11.5 Å². The van der Waals surface area contributed by atoms with Crippen molar-refractivity contribution in [3.05, 3.63) is 78.4 Å². The van der Waals surface area contributed by atoms with Gasteiger partial charge in [-0.3, -0.25) is 0 Å². The van der Waals surface area contributed by atoms with Gasteiger partial charge in [0.15, 0.2) is 0 Å². The van der Waals surface area contributed by atoms with Gasteiger partial charge in [-0.25, -0.2) is 0 Å². The normalized spacial score (nSPS) is 12.7. The number of phenols is 2. The van der Waals surface area contributed by atoms with E-state index >= 15 is 0 Å². The van der Waals surface area contributed by atoms with Crippen molar-refractivity contribution >= 4 is 27.1 Å². The van der Waals surface area contributed by atoms with Gasteiger partial charge in [-0.15, -0.1) is 0 Å². The fraction of sp³-hybridized carbons (Fsp3) is 0. The first-order valence-corrected chi connectivity index (χ1v) is 8.01. The highest BCUT2D eigenvalue weighted by Gasteiger charge is 2.24. The second-order valence-electron chi connectivity index (χ2n) is 6.28. The quantitative estimate of drug-likeness (QED) is 0.391. The Bertz CT molecular complexity index is 1110. The van der Waals surface area contributed by atoms with Gasteiger partial charge in [0.2, 0.25) is 0 Å². The van der Waals surface area contributed by atoms with Crippen LogP contribution >= 0.6 is 0 Å². The highest BCUT2D eigenvalue weighted by atomic mass is 16.5. The number of phenolic OH excluding ortho intramolecular Hbond substituents is 2. The van der Waals surface area contributed by atoms with Crippen molar-refractivity contribution in [3.8, 4) is 23.0 Å². The molecule has 25 heavy (non-hydrogen) atoms. The van der Waals surface area contributed by atoms with Crippen LogP contribution in [0.4, 0.5) is 0 Å². The Balaban J connectivity index is 1.83. The standard InChI is InChI=1S/C22H14O3/c1-12-17-6-2-13-10-15(23)4-8-19(13)21(17)25-22-18(12)7-3-14-11-16(24)5-9-20(14)22/h2-11,23-24H,1H2. The molecule has 0 aliphatic carbocycles. The van der Waals surface area contributed by atoms with E-state index in [4.69, 9.17) is 4.74 Å². The van der Waals surface area contributed by atoms with Crippen molar-refractivity contribution in [2.45, 2.75) is 0 Å². The molecular weight excluding hydrogens is 312 g/mol. The van der Waals surface area contributed by atoms with Gasteiger partial charge < -0.3 is 14.9 Å². The minimum Gasteiger partial charge on any atom is -0.508 e. The van der Waals surface area contributed by atoms with Crippen LogP contribution in [0.25, 0.3) is 27.1 Å². The molecule has 1 aliphatic rings. The Morgan fingerprint density at radius 1 is 0.640 bits per heavy atom. The Morgan fingerprint density at radius 2 is 1.12 bits per heavy atom. The van der Waals surface area contributed by atoms with E-state index in [0.717, 1.165) is 49.7 Å². The maximum absolute atomic E-state index is 9.73. The Kier molecular flexibility index (Phi) is 2.66. The summed E-state index contributed by atoms with van der Waals surface area (Å²) in [6, 6.07) is 18.4. The number of hydrogen-bond donors (Lipinski definition) is 2. The van der Waals surface area contributed by atoms with Crippen molar-refractivity contribution in [3.63, 3.8) is 0 Å². The molecule has 3 heteroatoms. The van der Waals surface area contributed by atoms with Crippen LogP contribution in [0.3, 0.4) is 0 Å². The van der Waals surface area contributed by atoms with Crippen LogP contribution in [0.1, 0.15) is 11.1 Å². The molecule has 0 aromatic heterocycles. The highest BCUT2D eigenvalue weighted by Crippen LogP contribution is 2.49. The number of rotatable bonds is 0. The van der Waals surface area contributed by atoms with Crippen LogP contribution in [0.5, 0.6) is 23.0 Å². The zero-order valence-corrected chi connectivity index (χ0v) is 13.3. The number of aromatic hydroxyl groups is 2. The summed E-state index contributed by atoms with van der Waals surface area (Å²) in [6.45, 7) is 4.27. The maximum atomic E-state index is 9.73. The second kappa shape index (κ2) is 4.77. The lowest BCUT2D eigenvalue weighted by Gasteiger charge is -2.25. The number of hydrogen-bond acceptors (Lipinski definition) is 3. The topological polar surface area (TPSA) is 49.7 Å². The lowest BCUT2D eigenvalue weighted by Crippen LogP contribution is -2.03. The molecular formula is C22H14O3. The number of fused-ring (bicyclic) bond motifs is 6. The SMILES string of the molecule is C=C1c2ccc3cc(O)ccc3c2Oc2c1ccc1cc(O)ccc21. The fourth-order valence-corrected chi connectivity index (χ4v) is 3.52. The summed E-state index contributed by atoms with van der Waals surface area (Å²) < 4.78 is 6.33. The minimum atomic E-state index is 0.225. The van der Waals surface area contributed by atoms with E-state index in [9.17, 15) is 10.2 Å². The zero-order valence-electron chi connectivity index (χ0n) is 13.3. The van der Waals surface area contributed by atoms with Crippen LogP contribution in [0.15, 0.2) is 67.2 Å². The van der Waals surface area contributed by atoms with Crippen LogP contribution < -0.4 is 4.74 Å². The molecule has 0 radical (unpaired) electrons. The summed E-state index contributed by atoms with van der Waals surface area (Å²) in [5.74, 6) is 1.94. The summed E-state index contributed by atoms with van der Waals surface area (Å²) in [7, 11) is 0. The van der Waals surface area contributed by atoms with Gasteiger partial charge in [-0.05, 0) is 64.9 Å². The van der Waals surface area contributed by atoms with Gasteiger partial charge >= 0.3 is 0 Å². The predicted molar refractivity (Wildman–Crippen MR) is 99.4 cm³/mol. The average molecular weight is 326 g/mol. The molecule has 4 aromatic rings. The van der Waals surface area contributed by atoms with E-state index in [2.05, 4.69) is 6.58 Å². The molecule has 3 nitrogen and oxygen atoms in total. The van der Waals surface area contributed by atoms with E-state index in [1.54, 1.807) is 24.3 Å². The molecule has 0 saturated carbocycles.